The van der Waals surface area contributed by atoms with Crippen LogP contribution in [0.4, 0.5) is 0 Å². The Kier molecular flexibility index (Phi) is 2.92. The highest BCUT2D eigenvalue weighted by molar-refractivity contribution is 5.96. The van der Waals surface area contributed by atoms with Crippen molar-refractivity contribution < 1.29 is 9.59 Å². The maximum absolute atomic E-state index is 11.0. The third-order valence-corrected chi connectivity index (χ3v) is 2.45. The summed E-state index contributed by atoms with van der Waals surface area (Å²) < 4.78 is 0. The van der Waals surface area contributed by atoms with Crippen molar-refractivity contribution in [1.82, 2.24) is 0 Å². The SMILES string of the molecule is O=Cc1cccc(C=O)c1-c1ccccc1. The Morgan fingerprint density at radius 3 is 1.75 bits per heavy atom. The molecular weight excluding hydrogens is 200 g/mol. The molecule has 0 amide bonds. The van der Waals surface area contributed by atoms with Crippen LogP contribution < -0.4 is 0 Å². The zero-order valence-electron chi connectivity index (χ0n) is 8.59. The average Bonchev–Trinajstić information content (AvgIpc) is 2.38. The van der Waals surface area contributed by atoms with E-state index in [4.69, 9.17) is 0 Å². The first-order valence-electron chi connectivity index (χ1n) is 4.95. The molecule has 0 aromatic heterocycles. The van der Waals surface area contributed by atoms with Gasteiger partial charge < -0.3 is 0 Å². The van der Waals surface area contributed by atoms with Gasteiger partial charge in [0.1, 0.15) is 0 Å². The summed E-state index contributed by atoms with van der Waals surface area (Å²) in [5.74, 6) is 0. The Hall–Kier alpha value is -2.22. The average molecular weight is 210 g/mol. The molecule has 0 fully saturated rings. The van der Waals surface area contributed by atoms with E-state index in [-0.39, 0.29) is 0 Å². The number of hydrogen-bond acceptors (Lipinski definition) is 2. The topological polar surface area (TPSA) is 34.1 Å². The normalized spacial score (nSPS) is 9.75. The van der Waals surface area contributed by atoms with Gasteiger partial charge in [-0.3, -0.25) is 9.59 Å². The minimum atomic E-state index is 0.538. The second kappa shape index (κ2) is 4.53. The summed E-state index contributed by atoms with van der Waals surface area (Å²) in [6.45, 7) is 0. The highest BCUT2D eigenvalue weighted by Gasteiger charge is 2.08. The highest BCUT2D eigenvalue weighted by Crippen LogP contribution is 2.25. The van der Waals surface area contributed by atoms with E-state index in [9.17, 15) is 9.59 Å². The number of benzene rings is 2. The molecule has 0 aliphatic carbocycles. The largest absolute Gasteiger partial charge is 0.298 e. The fourth-order valence-electron chi connectivity index (χ4n) is 1.72. The van der Waals surface area contributed by atoms with Crippen LogP contribution >= 0.6 is 0 Å². The van der Waals surface area contributed by atoms with Crippen molar-refractivity contribution in [1.29, 1.82) is 0 Å². The van der Waals surface area contributed by atoms with Crippen LogP contribution in [0.15, 0.2) is 48.5 Å². The minimum absolute atomic E-state index is 0.538. The molecule has 0 aliphatic rings. The van der Waals surface area contributed by atoms with Gasteiger partial charge in [-0.2, -0.15) is 0 Å². The van der Waals surface area contributed by atoms with Gasteiger partial charge in [0.05, 0.1) is 0 Å². The molecule has 0 heterocycles. The van der Waals surface area contributed by atoms with Crippen LogP contribution in [0.5, 0.6) is 0 Å². The van der Waals surface area contributed by atoms with E-state index in [1.54, 1.807) is 18.2 Å². The Morgan fingerprint density at radius 1 is 0.688 bits per heavy atom. The molecule has 2 heteroatoms. The van der Waals surface area contributed by atoms with Crippen LogP contribution in [0.1, 0.15) is 20.7 Å². The first kappa shape index (κ1) is 10.3. The lowest BCUT2D eigenvalue weighted by Gasteiger charge is -2.07. The summed E-state index contributed by atoms with van der Waals surface area (Å²) >= 11 is 0. The fraction of sp³-hybridized carbons (Fsp3) is 0. The summed E-state index contributed by atoms with van der Waals surface area (Å²) in [5, 5.41) is 0. The quantitative estimate of drug-likeness (QED) is 0.730. The Labute approximate surface area is 93.5 Å². The standard InChI is InChI=1S/C14H10O2/c15-9-12-7-4-8-13(10-16)14(12)11-5-2-1-3-6-11/h1-10H. The molecule has 0 aliphatic heterocycles. The molecule has 0 spiro atoms. The van der Waals surface area contributed by atoms with Crippen LogP contribution in [0.3, 0.4) is 0 Å². The van der Waals surface area contributed by atoms with Crippen LogP contribution in [0.2, 0.25) is 0 Å². The van der Waals surface area contributed by atoms with E-state index >= 15 is 0 Å². The molecule has 2 nitrogen and oxygen atoms in total. The zero-order valence-corrected chi connectivity index (χ0v) is 8.59. The Balaban J connectivity index is 2.71. The van der Waals surface area contributed by atoms with E-state index < -0.39 is 0 Å². The van der Waals surface area contributed by atoms with Gasteiger partial charge in [-0.15, -0.1) is 0 Å². The van der Waals surface area contributed by atoms with Gasteiger partial charge in [-0.25, -0.2) is 0 Å². The number of carbonyl (C=O) groups excluding carboxylic acids is 2. The van der Waals surface area contributed by atoms with Gasteiger partial charge in [-0.1, -0.05) is 48.5 Å². The Bertz CT molecular complexity index is 489. The maximum Gasteiger partial charge on any atom is 0.150 e. The van der Waals surface area contributed by atoms with Crippen molar-refractivity contribution >= 4 is 12.6 Å². The van der Waals surface area contributed by atoms with Crippen molar-refractivity contribution in [3.63, 3.8) is 0 Å². The van der Waals surface area contributed by atoms with Crippen LogP contribution in [0, 0.1) is 0 Å². The first-order valence-corrected chi connectivity index (χ1v) is 4.95. The van der Waals surface area contributed by atoms with Crippen molar-refractivity contribution in [2.24, 2.45) is 0 Å². The lowest BCUT2D eigenvalue weighted by Crippen LogP contribution is -1.93. The fourth-order valence-corrected chi connectivity index (χ4v) is 1.72. The molecule has 2 aromatic carbocycles. The number of rotatable bonds is 3. The molecule has 0 saturated carbocycles. The molecular formula is C14H10O2. The van der Waals surface area contributed by atoms with E-state index in [1.807, 2.05) is 30.3 Å². The molecule has 2 aromatic rings. The zero-order chi connectivity index (χ0) is 11.4. The van der Waals surface area contributed by atoms with Crippen LogP contribution in [0.25, 0.3) is 11.1 Å². The lowest BCUT2D eigenvalue weighted by molar-refractivity contribution is 0.112. The third kappa shape index (κ3) is 1.77. The van der Waals surface area contributed by atoms with Gasteiger partial charge in [0, 0.05) is 16.7 Å². The second-order valence-electron chi connectivity index (χ2n) is 3.41. The molecule has 0 unspecified atom stereocenters. The maximum atomic E-state index is 11.0. The summed E-state index contributed by atoms with van der Waals surface area (Å²) in [4.78, 5) is 21.9. The van der Waals surface area contributed by atoms with Crippen LogP contribution in [-0.4, -0.2) is 12.6 Å². The van der Waals surface area contributed by atoms with Gasteiger partial charge >= 0.3 is 0 Å². The van der Waals surface area contributed by atoms with Crippen molar-refractivity contribution in [2.45, 2.75) is 0 Å². The van der Waals surface area contributed by atoms with E-state index in [1.165, 1.54) is 0 Å². The number of aldehydes is 2. The first-order chi connectivity index (χ1) is 7.86. The molecule has 0 atom stereocenters. The van der Waals surface area contributed by atoms with E-state index in [0.717, 1.165) is 18.1 Å². The lowest BCUT2D eigenvalue weighted by atomic mass is 9.95. The molecule has 0 saturated heterocycles. The third-order valence-electron chi connectivity index (χ3n) is 2.45. The highest BCUT2D eigenvalue weighted by atomic mass is 16.1. The molecule has 0 radical (unpaired) electrons. The van der Waals surface area contributed by atoms with E-state index in [0.29, 0.717) is 16.7 Å². The van der Waals surface area contributed by atoms with Gasteiger partial charge in [0.25, 0.3) is 0 Å². The van der Waals surface area contributed by atoms with Gasteiger partial charge in [0.2, 0.25) is 0 Å². The van der Waals surface area contributed by atoms with Gasteiger partial charge in [0.15, 0.2) is 12.6 Å². The smallest absolute Gasteiger partial charge is 0.150 e. The van der Waals surface area contributed by atoms with Gasteiger partial charge in [-0.05, 0) is 5.56 Å². The molecule has 0 N–H and O–H groups in total. The Morgan fingerprint density at radius 2 is 1.25 bits per heavy atom. The molecule has 16 heavy (non-hydrogen) atoms. The molecule has 2 rings (SSSR count). The van der Waals surface area contributed by atoms with Crippen molar-refractivity contribution in [3.05, 3.63) is 59.7 Å². The van der Waals surface area contributed by atoms with Crippen LogP contribution in [-0.2, 0) is 0 Å². The van der Waals surface area contributed by atoms with Crippen molar-refractivity contribution in [2.75, 3.05) is 0 Å². The summed E-state index contributed by atoms with van der Waals surface area (Å²) in [6, 6.07) is 14.6. The van der Waals surface area contributed by atoms with E-state index in [2.05, 4.69) is 0 Å². The summed E-state index contributed by atoms with van der Waals surface area (Å²) in [7, 11) is 0. The summed E-state index contributed by atoms with van der Waals surface area (Å²) in [5.41, 5.74) is 2.66. The predicted octanol–water partition coefficient (Wildman–Crippen LogP) is 2.98. The predicted molar refractivity (Wildman–Crippen MR) is 62.7 cm³/mol. The number of carbonyl (C=O) groups is 2. The summed E-state index contributed by atoms with van der Waals surface area (Å²) in [6.07, 6.45) is 1.55. The molecule has 78 valence electrons. The second-order valence-corrected chi connectivity index (χ2v) is 3.41. The monoisotopic (exact) mass is 210 g/mol. The number of hydrogen-bond donors (Lipinski definition) is 0. The minimum Gasteiger partial charge on any atom is -0.298 e. The molecule has 0 bridgehead atoms. The van der Waals surface area contributed by atoms with Crippen molar-refractivity contribution in [3.8, 4) is 11.1 Å².